The molecule has 0 radical (unpaired) electrons. The number of alkyl halides is 3. The van der Waals surface area contributed by atoms with E-state index in [-0.39, 0.29) is 0 Å². The highest BCUT2D eigenvalue weighted by atomic mass is 19.4. The molecule has 1 saturated heterocycles. The molecule has 22 heavy (non-hydrogen) atoms. The van der Waals surface area contributed by atoms with Crippen molar-refractivity contribution in [3.05, 3.63) is 18.2 Å². The summed E-state index contributed by atoms with van der Waals surface area (Å²) in [4.78, 5) is 6.35. The van der Waals surface area contributed by atoms with Crippen molar-refractivity contribution < 1.29 is 13.2 Å². The van der Waals surface area contributed by atoms with Crippen LogP contribution in [0.15, 0.2) is 12.4 Å². The molecule has 1 aliphatic rings. The number of hydrogen-bond donors (Lipinski definition) is 0. The molecule has 0 unspecified atom stereocenters. The van der Waals surface area contributed by atoms with Crippen LogP contribution in [0.4, 0.5) is 13.2 Å². The van der Waals surface area contributed by atoms with Gasteiger partial charge in [0.1, 0.15) is 12.4 Å². The first-order chi connectivity index (χ1) is 10.1. The van der Waals surface area contributed by atoms with Crippen LogP contribution < -0.4 is 0 Å². The summed E-state index contributed by atoms with van der Waals surface area (Å²) in [6, 6.07) is 0. The van der Waals surface area contributed by atoms with Crippen LogP contribution in [0.5, 0.6) is 0 Å². The van der Waals surface area contributed by atoms with Gasteiger partial charge in [0.25, 0.3) is 0 Å². The van der Waals surface area contributed by atoms with E-state index in [1.807, 2.05) is 0 Å². The second-order valence-corrected chi connectivity index (χ2v) is 7.36. The first kappa shape index (κ1) is 17.3. The summed E-state index contributed by atoms with van der Waals surface area (Å²) in [5.41, 5.74) is 0.296. The van der Waals surface area contributed by atoms with Gasteiger partial charge in [0.05, 0.1) is 6.54 Å². The lowest BCUT2D eigenvalue weighted by atomic mass is 9.77. The molecule has 0 saturated carbocycles. The molecule has 0 N–H and O–H groups in total. The van der Waals surface area contributed by atoms with E-state index < -0.39 is 12.7 Å². The first-order valence-electron chi connectivity index (χ1n) is 7.94. The molecule has 126 valence electrons. The van der Waals surface area contributed by atoms with Gasteiger partial charge in [-0.2, -0.15) is 13.2 Å². The minimum Gasteiger partial charge on any atom is -0.325 e. The Hall–Kier alpha value is -1.04. The van der Waals surface area contributed by atoms with Gasteiger partial charge in [-0.15, -0.1) is 0 Å². The number of rotatable bonds is 3. The number of aromatic nitrogens is 2. The molecule has 2 rings (SSSR count). The molecule has 3 nitrogen and oxygen atoms in total. The van der Waals surface area contributed by atoms with Gasteiger partial charge in [-0.25, -0.2) is 4.98 Å². The summed E-state index contributed by atoms with van der Waals surface area (Å²) in [6.45, 7) is 8.21. The summed E-state index contributed by atoms with van der Waals surface area (Å²) in [5, 5.41) is 0. The van der Waals surface area contributed by atoms with Crippen molar-refractivity contribution in [3.8, 4) is 0 Å². The van der Waals surface area contributed by atoms with Crippen molar-refractivity contribution >= 4 is 0 Å². The molecule has 2 heterocycles. The Kier molecular flexibility index (Phi) is 5.20. The third-order valence-electron chi connectivity index (χ3n) is 4.56. The molecule has 0 bridgehead atoms. The summed E-state index contributed by atoms with van der Waals surface area (Å²) in [6.07, 6.45) is 2.06. The molecular formula is C16H26F3N3. The molecule has 0 aromatic carbocycles. The Morgan fingerprint density at radius 2 is 1.91 bits per heavy atom. The normalized spacial score (nSPS) is 21.8. The second-order valence-electron chi connectivity index (χ2n) is 7.36. The Morgan fingerprint density at radius 1 is 1.18 bits per heavy atom. The van der Waals surface area contributed by atoms with Crippen LogP contribution in [0.2, 0.25) is 0 Å². The van der Waals surface area contributed by atoms with E-state index >= 15 is 0 Å². The SMILES string of the molecule is CC(C)(C)[C@@H]1CCCN(Cc2nccn2CC(F)(F)F)CC1. The molecule has 0 amide bonds. The van der Waals surface area contributed by atoms with Crippen LogP contribution in [0, 0.1) is 11.3 Å². The maximum Gasteiger partial charge on any atom is 0.406 e. The summed E-state index contributed by atoms with van der Waals surface area (Å²) in [5.74, 6) is 1.18. The minimum absolute atomic E-state index is 0.296. The molecule has 0 spiro atoms. The Morgan fingerprint density at radius 3 is 2.55 bits per heavy atom. The predicted molar refractivity (Wildman–Crippen MR) is 80.4 cm³/mol. The molecule has 6 heteroatoms. The molecule has 1 aliphatic heterocycles. The number of likely N-dealkylation sites (tertiary alicyclic amines) is 1. The predicted octanol–water partition coefficient (Wildman–Crippen LogP) is 4.09. The molecule has 1 fully saturated rings. The van der Waals surface area contributed by atoms with Crippen molar-refractivity contribution in [3.63, 3.8) is 0 Å². The lowest BCUT2D eigenvalue weighted by Crippen LogP contribution is -2.28. The van der Waals surface area contributed by atoms with Crippen molar-refractivity contribution in [1.29, 1.82) is 0 Å². The van der Waals surface area contributed by atoms with E-state index in [9.17, 15) is 13.2 Å². The highest BCUT2D eigenvalue weighted by Crippen LogP contribution is 2.34. The largest absolute Gasteiger partial charge is 0.406 e. The van der Waals surface area contributed by atoms with Crippen LogP contribution in [0.1, 0.15) is 45.9 Å². The Balaban J connectivity index is 1.96. The smallest absolute Gasteiger partial charge is 0.325 e. The average Bonchev–Trinajstić information content (AvgIpc) is 2.63. The van der Waals surface area contributed by atoms with Gasteiger partial charge in [0.15, 0.2) is 0 Å². The van der Waals surface area contributed by atoms with Gasteiger partial charge in [0.2, 0.25) is 0 Å². The fourth-order valence-corrected chi connectivity index (χ4v) is 3.21. The van der Waals surface area contributed by atoms with Crippen LogP contribution in [0.25, 0.3) is 0 Å². The van der Waals surface area contributed by atoms with Gasteiger partial charge in [0, 0.05) is 12.4 Å². The highest BCUT2D eigenvalue weighted by molar-refractivity contribution is 4.94. The van der Waals surface area contributed by atoms with Gasteiger partial charge >= 0.3 is 6.18 Å². The first-order valence-corrected chi connectivity index (χ1v) is 7.94. The summed E-state index contributed by atoms with van der Waals surface area (Å²) < 4.78 is 38.9. The van der Waals surface area contributed by atoms with Gasteiger partial charge in [-0.05, 0) is 43.7 Å². The maximum atomic E-state index is 12.6. The quantitative estimate of drug-likeness (QED) is 0.837. The van der Waals surface area contributed by atoms with E-state index in [0.717, 1.165) is 25.9 Å². The van der Waals surface area contributed by atoms with E-state index in [1.165, 1.54) is 23.4 Å². The zero-order chi connectivity index (χ0) is 16.4. The number of imidazole rings is 1. The van der Waals surface area contributed by atoms with Crippen molar-refractivity contribution in [2.75, 3.05) is 13.1 Å². The second kappa shape index (κ2) is 6.60. The topological polar surface area (TPSA) is 21.1 Å². The minimum atomic E-state index is -4.20. The standard InChI is InChI=1S/C16H26F3N3/c1-15(2,3)13-5-4-8-21(9-6-13)11-14-20-7-10-22(14)12-16(17,18)19/h7,10,13H,4-6,8-9,11-12H2,1-3H3/t13-/m1/s1. The molecule has 1 atom stereocenters. The lowest BCUT2D eigenvalue weighted by Gasteiger charge is -2.29. The number of nitrogens with zero attached hydrogens (tertiary/aromatic N) is 3. The van der Waals surface area contributed by atoms with E-state index in [4.69, 9.17) is 0 Å². The van der Waals surface area contributed by atoms with E-state index in [0.29, 0.717) is 23.7 Å². The molecular weight excluding hydrogens is 291 g/mol. The average molecular weight is 317 g/mol. The van der Waals surface area contributed by atoms with Crippen molar-refractivity contribution in [1.82, 2.24) is 14.5 Å². The van der Waals surface area contributed by atoms with Crippen LogP contribution >= 0.6 is 0 Å². The van der Waals surface area contributed by atoms with E-state index in [2.05, 4.69) is 30.7 Å². The molecule has 0 aliphatic carbocycles. The van der Waals surface area contributed by atoms with E-state index in [1.54, 1.807) is 0 Å². The third kappa shape index (κ3) is 5.00. The summed E-state index contributed by atoms with van der Waals surface area (Å²) in [7, 11) is 0. The van der Waals surface area contributed by atoms with Crippen LogP contribution in [-0.4, -0.2) is 33.7 Å². The molecule has 1 aromatic heterocycles. The van der Waals surface area contributed by atoms with Crippen LogP contribution in [-0.2, 0) is 13.1 Å². The highest BCUT2D eigenvalue weighted by Gasteiger charge is 2.30. The third-order valence-corrected chi connectivity index (χ3v) is 4.56. The monoisotopic (exact) mass is 317 g/mol. The maximum absolute atomic E-state index is 12.6. The lowest BCUT2D eigenvalue weighted by molar-refractivity contribution is -0.141. The fraction of sp³-hybridized carbons (Fsp3) is 0.812. The number of hydrogen-bond acceptors (Lipinski definition) is 2. The van der Waals surface area contributed by atoms with Crippen molar-refractivity contribution in [2.24, 2.45) is 11.3 Å². The van der Waals surface area contributed by atoms with Gasteiger partial charge in [-0.1, -0.05) is 20.8 Å². The van der Waals surface area contributed by atoms with Gasteiger partial charge in [-0.3, -0.25) is 4.90 Å². The van der Waals surface area contributed by atoms with Gasteiger partial charge < -0.3 is 4.57 Å². The Bertz CT molecular complexity index is 474. The fourth-order valence-electron chi connectivity index (χ4n) is 3.21. The van der Waals surface area contributed by atoms with Crippen LogP contribution in [0.3, 0.4) is 0 Å². The zero-order valence-electron chi connectivity index (χ0n) is 13.7. The van der Waals surface area contributed by atoms with Crippen molar-refractivity contribution in [2.45, 2.75) is 59.3 Å². The molecule has 1 aromatic rings. The summed E-state index contributed by atoms with van der Waals surface area (Å²) >= 11 is 0. The Labute approximate surface area is 130 Å². The zero-order valence-corrected chi connectivity index (χ0v) is 13.7. The number of halogens is 3.